The van der Waals surface area contributed by atoms with Crippen LogP contribution in [0.25, 0.3) is 0 Å². The van der Waals surface area contributed by atoms with Crippen LogP contribution in [-0.2, 0) is 0 Å². The number of hydrogen-bond donors (Lipinski definition) is 0. The van der Waals surface area contributed by atoms with Crippen LogP contribution in [0.4, 0.5) is 11.4 Å². The summed E-state index contributed by atoms with van der Waals surface area (Å²) in [5.74, 6) is 2.33. The van der Waals surface area contributed by atoms with Gasteiger partial charge in [-0.15, -0.1) is 0 Å². The van der Waals surface area contributed by atoms with Crippen molar-refractivity contribution in [1.82, 2.24) is 0 Å². The van der Waals surface area contributed by atoms with Crippen LogP contribution >= 0.6 is 15.9 Å². The molecule has 0 N–H and O–H groups in total. The summed E-state index contributed by atoms with van der Waals surface area (Å²) in [7, 11) is 5.02. The molecule has 6 nitrogen and oxygen atoms in total. The summed E-state index contributed by atoms with van der Waals surface area (Å²) in [5.41, 5.74) is 3.75. The molecule has 0 saturated heterocycles. The van der Waals surface area contributed by atoms with E-state index in [1.165, 1.54) is 0 Å². The Balaban J connectivity index is 1.83. The molecule has 0 bridgehead atoms. The maximum atomic E-state index is 5.66. The molecule has 1 heterocycles. The summed E-state index contributed by atoms with van der Waals surface area (Å²) in [5, 5.41) is 6.97. The lowest BCUT2D eigenvalue weighted by Gasteiger charge is -2.37. The molecule has 4 rings (SSSR count). The third kappa shape index (κ3) is 4.32. The van der Waals surface area contributed by atoms with Crippen molar-refractivity contribution in [3.63, 3.8) is 0 Å². The van der Waals surface area contributed by atoms with E-state index < -0.39 is 0 Å². The number of anilines is 2. The largest absolute Gasteiger partial charge is 0.497 e. The van der Waals surface area contributed by atoms with Gasteiger partial charge < -0.3 is 19.1 Å². The summed E-state index contributed by atoms with van der Waals surface area (Å²) in [6.45, 7) is 1.13. The Kier molecular flexibility index (Phi) is 6.32. The van der Waals surface area contributed by atoms with E-state index >= 15 is 0 Å². The minimum atomic E-state index is 0.546. The summed E-state index contributed by atoms with van der Waals surface area (Å²) >= 11 is 3.66. The monoisotopic (exact) mass is 481 g/mol. The molecule has 3 aromatic carbocycles. The van der Waals surface area contributed by atoms with Gasteiger partial charge in [-0.05, 0) is 52.3 Å². The minimum absolute atomic E-state index is 0.546. The van der Waals surface area contributed by atoms with E-state index in [2.05, 4.69) is 20.8 Å². The van der Waals surface area contributed by atoms with Gasteiger partial charge in [-0.25, -0.2) is 5.01 Å². The molecule has 0 aromatic heterocycles. The van der Waals surface area contributed by atoms with Crippen molar-refractivity contribution < 1.29 is 14.2 Å². The number of hydrogen-bond acceptors (Lipinski definition) is 6. The predicted octanol–water partition coefficient (Wildman–Crippen LogP) is 5.16. The molecule has 0 radical (unpaired) electrons. The fraction of sp³-hybridized carbons (Fsp3) is 0.208. The number of ether oxygens (including phenoxy) is 3. The molecule has 3 aromatic rings. The van der Waals surface area contributed by atoms with Gasteiger partial charge in [0.1, 0.15) is 23.9 Å². The Morgan fingerprint density at radius 3 is 2.29 bits per heavy atom. The first kappa shape index (κ1) is 21.1. The highest BCUT2D eigenvalue weighted by Crippen LogP contribution is 2.36. The van der Waals surface area contributed by atoms with Crippen molar-refractivity contribution >= 4 is 33.0 Å². The third-order valence-corrected chi connectivity index (χ3v) is 5.83. The molecule has 0 aliphatic carbocycles. The van der Waals surface area contributed by atoms with Crippen molar-refractivity contribution in [2.75, 3.05) is 44.5 Å². The zero-order chi connectivity index (χ0) is 21.8. The molecule has 0 spiro atoms. The van der Waals surface area contributed by atoms with Gasteiger partial charge in [0.2, 0.25) is 0 Å². The first-order valence-electron chi connectivity index (χ1n) is 9.84. The lowest BCUT2D eigenvalue weighted by atomic mass is 10.1. The van der Waals surface area contributed by atoms with Gasteiger partial charge in [-0.3, -0.25) is 0 Å². The van der Waals surface area contributed by atoms with Crippen molar-refractivity contribution in [1.29, 1.82) is 0 Å². The number of nitrogens with zero attached hydrogens (tertiary/aromatic N) is 3. The first-order valence-corrected chi connectivity index (χ1v) is 10.6. The van der Waals surface area contributed by atoms with Gasteiger partial charge in [0.15, 0.2) is 0 Å². The van der Waals surface area contributed by atoms with E-state index in [0.29, 0.717) is 13.2 Å². The highest BCUT2D eigenvalue weighted by atomic mass is 79.9. The van der Waals surface area contributed by atoms with Crippen LogP contribution in [0.5, 0.6) is 17.2 Å². The molecule has 0 unspecified atom stereocenters. The molecule has 160 valence electrons. The summed E-state index contributed by atoms with van der Waals surface area (Å²) < 4.78 is 17.7. The van der Waals surface area contributed by atoms with Crippen LogP contribution in [0.1, 0.15) is 5.56 Å². The summed E-state index contributed by atoms with van der Waals surface area (Å²) in [6.07, 6.45) is 0. The Morgan fingerprint density at radius 1 is 0.806 bits per heavy atom. The van der Waals surface area contributed by atoms with E-state index in [4.69, 9.17) is 19.3 Å². The number of methoxy groups -OCH3 is 3. The van der Waals surface area contributed by atoms with Crippen LogP contribution in [0.2, 0.25) is 0 Å². The molecule has 7 heteroatoms. The van der Waals surface area contributed by atoms with E-state index in [9.17, 15) is 0 Å². The Bertz CT molecular complexity index is 1100. The van der Waals surface area contributed by atoms with Crippen molar-refractivity contribution in [2.24, 2.45) is 5.10 Å². The van der Waals surface area contributed by atoms with Gasteiger partial charge >= 0.3 is 0 Å². The quantitative estimate of drug-likeness (QED) is 0.486. The fourth-order valence-corrected chi connectivity index (χ4v) is 4.11. The lowest BCUT2D eigenvalue weighted by Crippen LogP contribution is -2.44. The topological polar surface area (TPSA) is 46.5 Å². The zero-order valence-corrected chi connectivity index (χ0v) is 19.3. The molecular weight excluding hydrogens is 458 g/mol. The molecule has 0 fully saturated rings. The normalized spacial score (nSPS) is 13.6. The Morgan fingerprint density at radius 2 is 1.55 bits per heavy atom. The van der Waals surface area contributed by atoms with E-state index in [1.54, 1.807) is 21.3 Å². The standard InChI is InChI=1S/C24H24BrN3O3/c1-29-17-12-13-24(31-3)22(14-17)27-15-20(18-8-4-7-11-23(18)30-2)26-28(16-27)21-10-6-5-9-19(21)25/h4-14H,15-16H2,1-3H3. The third-order valence-electron chi connectivity index (χ3n) is 5.16. The predicted molar refractivity (Wildman–Crippen MR) is 128 cm³/mol. The SMILES string of the molecule is COc1ccc(OC)c(N2CC(c3ccccc3OC)=NN(c3ccccc3Br)C2)c1. The zero-order valence-electron chi connectivity index (χ0n) is 17.7. The van der Waals surface area contributed by atoms with Crippen LogP contribution in [0.3, 0.4) is 0 Å². The summed E-state index contributed by atoms with van der Waals surface area (Å²) in [4.78, 5) is 2.22. The first-order chi connectivity index (χ1) is 15.1. The van der Waals surface area contributed by atoms with Crippen LogP contribution in [-0.4, -0.2) is 40.3 Å². The summed E-state index contributed by atoms with van der Waals surface area (Å²) in [6, 6.07) is 21.8. The van der Waals surface area contributed by atoms with Gasteiger partial charge in [0, 0.05) is 16.1 Å². The molecule has 0 amide bonds. The molecule has 31 heavy (non-hydrogen) atoms. The number of rotatable bonds is 6. The van der Waals surface area contributed by atoms with Gasteiger partial charge in [-0.2, -0.15) is 5.10 Å². The molecule has 0 atom stereocenters. The minimum Gasteiger partial charge on any atom is -0.497 e. The Labute approximate surface area is 190 Å². The highest BCUT2D eigenvalue weighted by molar-refractivity contribution is 9.10. The van der Waals surface area contributed by atoms with Crippen LogP contribution in [0, 0.1) is 0 Å². The highest BCUT2D eigenvalue weighted by Gasteiger charge is 2.26. The smallest absolute Gasteiger partial charge is 0.142 e. The number of para-hydroxylation sites is 2. The van der Waals surface area contributed by atoms with Gasteiger partial charge in [0.05, 0.1) is 45.0 Å². The van der Waals surface area contributed by atoms with Crippen LogP contribution < -0.4 is 24.1 Å². The van der Waals surface area contributed by atoms with Crippen molar-refractivity contribution in [3.05, 3.63) is 76.8 Å². The number of halogens is 1. The van der Waals surface area contributed by atoms with Crippen LogP contribution in [0.15, 0.2) is 76.3 Å². The van der Waals surface area contributed by atoms with E-state index in [0.717, 1.165) is 44.4 Å². The van der Waals surface area contributed by atoms with Gasteiger partial charge in [0.25, 0.3) is 0 Å². The molecule has 1 aliphatic rings. The maximum Gasteiger partial charge on any atom is 0.142 e. The van der Waals surface area contributed by atoms with Gasteiger partial charge in [-0.1, -0.05) is 24.3 Å². The second kappa shape index (κ2) is 9.31. The van der Waals surface area contributed by atoms with E-state index in [-0.39, 0.29) is 0 Å². The Hall–Kier alpha value is -3.19. The lowest BCUT2D eigenvalue weighted by molar-refractivity contribution is 0.403. The average molecular weight is 482 g/mol. The number of hydrazone groups is 1. The second-order valence-corrected chi connectivity index (χ2v) is 7.83. The maximum absolute atomic E-state index is 5.66. The average Bonchev–Trinajstić information content (AvgIpc) is 2.83. The second-order valence-electron chi connectivity index (χ2n) is 6.98. The fourth-order valence-electron chi connectivity index (χ4n) is 3.62. The molecule has 0 saturated carbocycles. The van der Waals surface area contributed by atoms with E-state index in [1.807, 2.05) is 71.7 Å². The molecule has 1 aliphatic heterocycles. The van der Waals surface area contributed by atoms with Crippen molar-refractivity contribution in [2.45, 2.75) is 0 Å². The molecular formula is C24H24BrN3O3. The number of benzene rings is 3. The van der Waals surface area contributed by atoms with Crippen molar-refractivity contribution in [3.8, 4) is 17.2 Å².